The highest BCUT2D eigenvalue weighted by Gasteiger charge is 2.33. The molecule has 2 atom stereocenters. The fourth-order valence-corrected chi connectivity index (χ4v) is 4.54. The van der Waals surface area contributed by atoms with Crippen molar-refractivity contribution in [3.8, 4) is 0 Å². The first-order chi connectivity index (χ1) is 9.90. The Labute approximate surface area is 132 Å². The van der Waals surface area contributed by atoms with Crippen molar-refractivity contribution >= 4 is 35.1 Å². The lowest BCUT2D eigenvalue weighted by molar-refractivity contribution is -0.141. The molecule has 21 heavy (non-hydrogen) atoms. The first-order valence-electron chi connectivity index (χ1n) is 6.84. The average molecular weight is 328 g/mol. The molecule has 1 fully saturated rings. The Morgan fingerprint density at radius 2 is 2.19 bits per heavy atom. The van der Waals surface area contributed by atoms with Crippen molar-refractivity contribution in [2.75, 3.05) is 18.1 Å². The quantitative estimate of drug-likeness (QED) is 0.895. The number of rotatable bonds is 3. The third-order valence-electron chi connectivity index (χ3n) is 3.56. The van der Waals surface area contributed by atoms with Gasteiger partial charge in [-0.3, -0.25) is 0 Å². The van der Waals surface area contributed by atoms with Crippen LogP contribution >= 0.6 is 23.1 Å². The lowest BCUT2D eigenvalue weighted by Gasteiger charge is -2.33. The number of nitrogens with zero attached hydrogens (tertiary/aromatic N) is 1. The molecule has 2 heterocycles. The van der Waals surface area contributed by atoms with Gasteiger partial charge >= 0.3 is 12.0 Å². The fraction of sp³-hybridized carbons (Fsp3) is 0.571. The van der Waals surface area contributed by atoms with E-state index in [4.69, 9.17) is 0 Å². The molecule has 7 heteroatoms. The molecule has 1 saturated heterocycles. The zero-order valence-corrected chi connectivity index (χ0v) is 14.0. The van der Waals surface area contributed by atoms with Crippen LogP contribution in [0.3, 0.4) is 0 Å². The number of hydrogen-bond donors (Lipinski definition) is 2. The summed E-state index contributed by atoms with van der Waals surface area (Å²) in [6.45, 7) is 6.48. The number of nitrogens with one attached hydrogen (secondary N) is 1. The molecule has 116 valence electrons. The molecule has 0 aromatic carbocycles. The minimum Gasteiger partial charge on any atom is -0.480 e. The van der Waals surface area contributed by atoms with Crippen LogP contribution in [-0.2, 0) is 4.79 Å². The second kappa shape index (κ2) is 6.70. The van der Waals surface area contributed by atoms with Crippen LogP contribution in [0, 0.1) is 13.8 Å². The number of thiophene rings is 1. The van der Waals surface area contributed by atoms with Crippen molar-refractivity contribution in [2.45, 2.75) is 32.9 Å². The second-order valence-electron chi connectivity index (χ2n) is 5.16. The zero-order valence-electron chi connectivity index (χ0n) is 12.4. The van der Waals surface area contributed by atoms with E-state index in [1.54, 1.807) is 23.1 Å². The van der Waals surface area contributed by atoms with Gasteiger partial charge in [-0.1, -0.05) is 0 Å². The Morgan fingerprint density at radius 1 is 1.48 bits per heavy atom. The number of carboxylic acid groups (broad SMARTS) is 1. The lowest BCUT2D eigenvalue weighted by atomic mass is 10.1. The van der Waals surface area contributed by atoms with Gasteiger partial charge in [0.15, 0.2) is 0 Å². The van der Waals surface area contributed by atoms with Crippen LogP contribution in [0.1, 0.15) is 28.3 Å². The zero-order chi connectivity index (χ0) is 15.6. The first-order valence-corrected chi connectivity index (χ1v) is 8.82. The van der Waals surface area contributed by atoms with Gasteiger partial charge in [-0.15, -0.1) is 11.3 Å². The van der Waals surface area contributed by atoms with Crippen molar-refractivity contribution in [3.63, 3.8) is 0 Å². The van der Waals surface area contributed by atoms with Crippen molar-refractivity contribution in [3.05, 3.63) is 21.4 Å². The number of urea groups is 1. The summed E-state index contributed by atoms with van der Waals surface area (Å²) < 4.78 is 0. The van der Waals surface area contributed by atoms with E-state index in [9.17, 15) is 14.7 Å². The van der Waals surface area contributed by atoms with E-state index >= 15 is 0 Å². The number of carbonyl (C=O) groups excluding carboxylic acids is 1. The molecular formula is C14H20N2O3S2. The van der Waals surface area contributed by atoms with E-state index in [1.165, 1.54) is 14.7 Å². The molecule has 2 unspecified atom stereocenters. The highest BCUT2D eigenvalue weighted by atomic mass is 32.2. The molecule has 1 aliphatic rings. The summed E-state index contributed by atoms with van der Waals surface area (Å²) in [6, 6.07) is 0.928. The maximum Gasteiger partial charge on any atom is 0.327 e. The summed E-state index contributed by atoms with van der Waals surface area (Å²) in [5.74, 6) is 0.295. The van der Waals surface area contributed by atoms with Gasteiger partial charge in [-0.05, 0) is 32.4 Å². The number of amides is 2. The fourth-order valence-electron chi connectivity index (χ4n) is 2.48. The normalized spacial score (nSPS) is 20.1. The smallest absolute Gasteiger partial charge is 0.327 e. The first kappa shape index (κ1) is 16.2. The third-order valence-corrected chi connectivity index (χ3v) is 5.56. The number of carbonyl (C=O) groups is 2. The maximum atomic E-state index is 12.4. The average Bonchev–Trinajstić information content (AvgIpc) is 2.77. The van der Waals surface area contributed by atoms with Gasteiger partial charge in [0.05, 0.1) is 6.04 Å². The summed E-state index contributed by atoms with van der Waals surface area (Å²) in [6.07, 6.45) is 0. The topological polar surface area (TPSA) is 69.6 Å². The minimum absolute atomic E-state index is 0.119. The summed E-state index contributed by atoms with van der Waals surface area (Å²) in [4.78, 5) is 27.4. The van der Waals surface area contributed by atoms with Crippen molar-refractivity contribution in [2.24, 2.45) is 0 Å². The lowest BCUT2D eigenvalue weighted by Crippen LogP contribution is -2.54. The van der Waals surface area contributed by atoms with E-state index in [1.807, 2.05) is 20.8 Å². The van der Waals surface area contributed by atoms with Crippen molar-refractivity contribution in [1.82, 2.24) is 10.2 Å². The molecule has 1 aromatic heterocycles. The van der Waals surface area contributed by atoms with Crippen molar-refractivity contribution < 1.29 is 14.7 Å². The van der Waals surface area contributed by atoms with Gasteiger partial charge < -0.3 is 15.3 Å². The molecule has 1 aromatic rings. The van der Waals surface area contributed by atoms with Crippen LogP contribution in [0.25, 0.3) is 0 Å². The molecule has 5 nitrogen and oxygen atoms in total. The van der Waals surface area contributed by atoms with Crippen LogP contribution in [0.15, 0.2) is 6.07 Å². The van der Waals surface area contributed by atoms with Crippen LogP contribution in [-0.4, -0.2) is 46.1 Å². The monoisotopic (exact) mass is 328 g/mol. The summed E-state index contributed by atoms with van der Waals surface area (Å²) >= 11 is 3.28. The molecule has 1 aliphatic heterocycles. The van der Waals surface area contributed by atoms with E-state index in [0.29, 0.717) is 12.3 Å². The highest BCUT2D eigenvalue weighted by Crippen LogP contribution is 2.26. The minimum atomic E-state index is -0.937. The molecule has 0 aliphatic carbocycles. The van der Waals surface area contributed by atoms with E-state index in [0.717, 1.165) is 11.3 Å². The van der Waals surface area contributed by atoms with Gasteiger partial charge in [0.2, 0.25) is 0 Å². The van der Waals surface area contributed by atoms with Gasteiger partial charge in [0.1, 0.15) is 6.04 Å². The predicted molar refractivity (Wildman–Crippen MR) is 86.2 cm³/mol. The number of aryl methyl sites for hydroxylation is 2. The maximum absolute atomic E-state index is 12.4. The highest BCUT2D eigenvalue weighted by molar-refractivity contribution is 7.99. The molecule has 2 amide bonds. The standard InChI is InChI=1S/C14H20N2O3S2/c1-8-6-11(10(3)21-8)9(2)15-14(19)16-4-5-20-7-12(16)13(17)18/h6,9,12H,4-5,7H2,1-3H3,(H,15,19)(H,17,18). The largest absolute Gasteiger partial charge is 0.480 e. The molecule has 0 saturated carbocycles. The Hall–Kier alpha value is -1.21. The Kier molecular flexibility index (Phi) is 5.16. The summed E-state index contributed by atoms with van der Waals surface area (Å²) in [7, 11) is 0. The van der Waals surface area contributed by atoms with Gasteiger partial charge in [-0.25, -0.2) is 9.59 Å². The predicted octanol–water partition coefficient (Wildman–Crippen LogP) is 2.64. The molecular weight excluding hydrogens is 308 g/mol. The van der Waals surface area contributed by atoms with Crippen LogP contribution in [0.4, 0.5) is 4.79 Å². The Bertz CT molecular complexity index is 544. The SMILES string of the molecule is Cc1cc(C(C)NC(=O)N2CCSCC2C(=O)O)c(C)s1. The van der Waals surface area contributed by atoms with Gasteiger partial charge in [0.25, 0.3) is 0 Å². The van der Waals surface area contributed by atoms with E-state index in [-0.39, 0.29) is 12.1 Å². The third kappa shape index (κ3) is 3.71. The second-order valence-corrected chi connectivity index (χ2v) is 7.77. The number of hydrogen-bond acceptors (Lipinski definition) is 4. The van der Waals surface area contributed by atoms with Crippen molar-refractivity contribution in [1.29, 1.82) is 0 Å². The van der Waals surface area contributed by atoms with Gasteiger partial charge in [-0.2, -0.15) is 11.8 Å². The van der Waals surface area contributed by atoms with E-state index in [2.05, 4.69) is 11.4 Å². The molecule has 2 rings (SSSR count). The van der Waals surface area contributed by atoms with Crippen LogP contribution < -0.4 is 5.32 Å². The molecule has 2 N–H and O–H groups in total. The number of thioether (sulfide) groups is 1. The Balaban J connectivity index is 2.06. The number of carboxylic acids is 1. The van der Waals surface area contributed by atoms with E-state index < -0.39 is 12.0 Å². The Morgan fingerprint density at radius 3 is 2.76 bits per heavy atom. The summed E-state index contributed by atoms with van der Waals surface area (Å²) in [5.41, 5.74) is 1.10. The number of aliphatic carboxylic acids is 1. The molecule has 0 spiro atoms. The summed E-state index contributed by atoms with van der Waals surface area (Å²) in [5, 5.41) is 12.1. The van der Waals surface area contributed by atoms with Crippen LogP contribution in [0.2, 0.25) is 0 Å². The van der Waals surface area contributed by atoms with Crippen LogP contribution in [0.5, 0.6) is 0 Å². The molecule has 0 radical (unpaired) electrons. The van der Waals surface area contributed by atoms with Gasteiger partial charge in [0, 0.05) is 27.8 Å². The molecule has 0 bridgehead atoms.